The minimum Gasteiger partial charge on any atom is -0.496 e. The summed E-state index contributed by atoms with van der Waals surface area (Å²) in [7, 11) is 1.69. The van der Waals surface area contributed by atoms with Crippen molar-refractivity contribution in [3.05, 3.63) is 27.7 Å². The van der Waals surface area contributed by atoms with Crippen molar-refractivity contribution in [1.82, 2.24) is 0 Å². The molecule has 3 heteroatoms. The molecule has 0 amide bonds. The number of hydrogen-bond donors (Lipinski definition) is 1. The lowest BCUT2D eigenvalue weighted by molar-refractivity contribution is 0.410. The second-order valence-electron chi connectivity index (χ2n) is 3.65. The summed E-state index contributed by atoms with van der Waals surface area (Å²) in [6.45, 7) is 0. The Morgan fingerprint density at radius 3 is 3.00 bits per heavy atom. The fraction of sp³-hybridized carbons (Fsp3) is 0.455. The monoisotopic (exact) mass is 255 g/mol. The van der Waals surface area contributed by atoms with Crippen LogP contribution >= 0.6 is 15.9 Å². The first-order valence-electron chi connectivity index (χ1n) is 4.85. The molecule has 1 aromatic carbocycles. The highest BCUT2D eigenvalue weighted by Gasteiger charge is 2.20. The summed E-state index contributed by atoms with van der Waals surface area (Å²) in [6, 6.07) is 4.26. The zero-order valence-electron chi connectivity index (χ0n) is 8.22. The summed E-state index contributed by atoms with van der Waals surface area (Å²) in [5.74, 6) is 0.901. The minimum atomic E-state index is 0.195. The number of hydrogen-bond acceptors (Lipinski definition) is 2. The molecule has 2 nitrogen and oxygen atoms in total. The lowest BCUT2D eigenvalue weighted by Gasteiger charge is -2.24. The van der Waals surface area contributed by atoms with Crippen LogP contribution in [0.2, 0.25) is 0 Å². The third-order valence-corrected chi connectivity index (χ3v) is 3.67. The zero-order chi connectivity index (χ0) is 10.1. The van der Waals surface area contributed by atoms with E-state index in [0.29, 0.717) is 0 Å². The summed E-state index contributed by atoms with van der Waals surface area (Å²) in [5, 5.41) is 0. The molecule has 0 saturated carbocycles. The Bertz CT molecular complexity index is 351. The molecule has 1 aliphatic rings. The van der Waals surface area contributed by atoms with Crippen molar-refractivity contribution in [2.45, 2.75) is 25.3 Å². The molecule has 14 heavy (non-hydrogen) atoms. The number of nitrogens with two attached hydrogens (primary N) is 1. The van der Waals surface area contributed by atoms with Crippen molar-refractivity contribution >= 4 is 15.9 Å². The molecular weight excluding hydrogens is 242 g/mol. The zero-order valence-corrected chi connectivity index (χ0v) is 9.80. The minimum absolute atomic E-state index is 0.195. The van der Waals surface area contributed by atoms with Crippen LogP contribution in [0.3, 0.4) is 0 Å². The normalized spacial score (nSPS) is 20.4. The molecule has 2 N–H and O–H groups in total. The third kappa shape index (κ3) is 1.55. The fourth-order valence-corrected chi connectivity index (χ4v) is 2.75. The van der Waals surface area contributed by atoms with E-state index in [1.54, 1.807) is 7.11 Å². The van der Waals surface area contributed by atoms with Crippen molar-refractivity contribution in [3.8, 4) is 5.75 Å². The van der Waals surface area contributed by atoms with Crippen LogP contribution in [0.4, 0.5) is 0 Å². The average Bonchev–Trinajstić information content (AvgIpc) is 2.20. The van der Waals surface area contributed by atoms with Gasteiger partial charge in [-0.3, -0.25) is 0 Å². The van der Waals surface area contributed by atoms with Gasteiger partial charge < -0.3 is 10.5 Å². The van der Waals surface area contributed by atoms with Gasteiger partial charge in [0.05, 0.1) is 11.6 Å². The lowest BCUT2D eigenvalue weighted by atomic mass is 9.88. The Kier molecular flexibility index (Phi) is 2.79. The Balaban J connectivity index is 2.52. The van der Waals surface area contributed by atoms with Gasteiger partial charge in [0, 0.05) is 6.04 Å². The third-order valence-electron chi connectivity index (χ3n) is 2.81. The second-order valence-corrected chi connectivity index (χ2v) is 4.44. The van der Waals surface area contributed by atoms with Gasteiger partial charge in [-0.2, -0.15) is 0 Å². The summed E-state index contributed by atoms with van der Waals surface area (Å²) < 4.78 is 6.34. The number of halogens is 1. The second kappa shape index (κ2) is 3.91. The van der Waals surface area contributed by atoms with Gasteiger partial charge in [-0.1, -0.05) is 6.07 Å². The van der Waals surface area contributed by atoms with Crippen LogP contribution in [0.15, 0.2) is 16.6 Å². The van der Waals surface area contributed by atoms with E-state index in [1.807, 2.05) is 6.07 Å². The Labute approximate surface area is 92.6 Å². The molecule has 0 aliphatic heterocycles. The summed E-state index contributed by atoms with van der Waals surface area (Å²) in [4.78, 5) is 0. The molecule has 0 fully saturated rings. The first-order chi connectivity index (χ1) is 6.74. The highest BCUT2D eigenvalue weighted by molar-refractivity contribution is 9.10. The number of ether oxygens (including phenoxy) is 1. The summed E-state index contributed by atoms with van der Waals surface area (Å²) in [5.41, 5.74) is 8.63. The van der Waals surface area contributed by atoms with Crippen LogP contribution in [-0.2, 0) is 6.42 Å². The predicted molar refractivity (Wildman–Crippen MR) is 60.6 cm³/mol. The molecule has 0 heterocycles. The van der Waals surface area contributed by atoms with E-state index in [-0.39, 0.29) is 6.04 Å². The van der Waals surface area contributed by atoms with Gasteiger partial charge in [0.1, 0.15) is 5.75 Å². The highest BCUT2D eigenvalue weighted by atomic mass is 79.9. The number of fused-ring (bicyclic) bond motifs is 1. The maximum absolute atomic E-state index is 6.05. The summed E-state index contributed by atoms with van der Waals surface area (Å²) >= 11 is 3.57. The van der Waals surface area contributed by atoms with E-state index >= 15 is 0 Å². The largest absolute Gasteiger partial charge is 0.496 e. The molecule has 2 rings (SSSR count). The molecular formula is C11H14BrNO. The van der Waals surface area contributed by atoms with Crippen LogP contribution < -0.4 is 10.5 Å². The van der Waals surface area contributed by atoms with Crippen LogP contribution in [-0.4, -0.2) is 7.11 Å². The summed E-state index contributed by atoms with van der Waals surface area (Å²) in [6.07, 6.45) is 3.35. The van der Waals surface area contributed by atoms with Gasteiger partial charge in [0.2, 0.25) is 0 Å². The standard InChI is InChI=1S/C11H14BrNO/c1-14-10-6-5-7-8(11(10)12)3-2-4-9(7)13/h5-6,9H,2-4,13H2,1H3. The van der Waals surface area contributed by atoms with Crippen LogP contribution in [0.25, 0.3) is 0 Å². The quantitative estimate of drug-likeness (QED) is 0.838. The maximum atomic E-state index is 6.05. The molecule has 0 saturated heterocycles. The van der Waals surface area contributed by atoms with Crippen molar-refractivity contribution in [3.63, 3.8) is 0 Å². The van der Waals surface area contributed by atoms with Crippen LogP contribution in [0, 0.1) is 0 Å². The molecule has 1 aromatic rings. The van der Waals surface area contributed by atoms with Crippen molar-refractivity contribution in [2.75, 3.05) is 7.11 Å². The Hall–Kier alpha value is -0.540. The van der Waals surface area contributed by atoms with E-state index in [9.17, 15) is 0 Å². The molecule has 76 valence electrons. The van der Waals surface area contributed by atoms with Crippen molar-refractivity contribution in [2.24, 2.45) is 5.73 Å². The predicted octanol–water partition coefficient (Wildman–Crippen LogP) is 2.79. The molecule has 0 bridgehead atoms. The van der Waals surface area contributed by atoms with E-state index in [2.05, 4.69) is 22.0 Å². The number of rotatable bonds is 1. The smallest absolute Gasteiger partial charge is 0.133 e. The molecule has 1 atom stereocenters. The van der Waals surface area contributed by atoms with E-state index < -0.39 is 0 Å². The average molecular weight is 256 g/mol. The SMILES string of the molecule is COc1ccc2c(c1Br)CCCC2N. The van der Waals surface area contributed by atoms with Gasteiger partial charge in [0.15, 0.2) is 0 Å². The van der Waals surface area contributed by atoms with Crippen molar-refractivity contribution in [1.29, 1.82) is 0 Å². The maximum Gasteiger partial charge on any atom is 0.133 e. The molecule has 1 unspecified atom stereocenters. The number of methoxy groups -OCH3 is 1. The van der Waals surface area contributed by atoms with Gasteiger partial charge in [0.25, 0.3) is 0 Å². The van der Waals surface area contributed by atoms with Gasteiger partial charge >= 0.3 is 0 Å². The molecule has 1 aliphatic carbocycles. The van der Waals surface area contributed by atoms with Gasteiger partial charge in [-0.05, 0) is 52.4 Å². The lowest BCUT2D eigenvalue weighted by Crippen LogP contribution is -2.17. The molecule has 0 aromatic heterocycles. The fourth-order valence-electron chi connectivity index (χ4n) is 2.03. The Morgan fingerprint density at radius 1 is 1.50 bits per heavy atom. The van der Waals surface area contributed by atoms with E-state index in [4.69, 9.17) is 10.5 Å². The topological polar surface area (TPSA) is 35.2 Å². The van der Waals surface area contributed by atoms with Gasteiger partial charge in [-0.25, -0.2) is 0 Å². The highest BCUT2D eigenvalue weighted by Crippen LogP contribution is 2.37. The van der Waals surface area contributed by atoms with E-state index in [1.165, 1.54) is 17.5 Å². The van der Waals surface area contributed by atoms with Gasteiger partial charge in [-0.15, -0.1) is 0 Å². The van der Waals surface area contributed by atoms with Crippen LogP contribution in [0.5, 0.6) is 5.75 Å². The van der Waals surface area contributed by atoms with Crippen LogP contribution in [0.1, 0.15) is 30.0 Å². The first-order valence-corrected chi connectivity index (χ1v) is 5.64. The van der Waals surface area contributed by atoms with Crippen molar-refractivity contribution < 1.29 is 4.74 Å². The Morgan fingerprint density at radius 2 is 2.29 bits per heavy atom. The van der Waals surface area contributed by atoms with E-state index in [0.717, 1.165) is 23.1 Å². The first kappa shape index (κ1) is 9.99. The number of benzene rings is 1. The molecule has 0 spiro atoms. The molecule has 0 radical (unpaired) electrons.